The topological polar surface area (TPSA) is 58.1 Å². The van der Waals surface area contributed by atoms with E-state index in [-0.39, 0.29) is 11.9 Å². The smallest absolute Gasteiger partial charge is 0.258 e. The molecule has 27 heavy (non-hydrogen) atoms. The minimum Gasteiger partial charge on any atom is -0.321 e. The Bertz CT molecular complexity index is 1010. The molecule has 0 saturated heterocycles. The van der Waals surface area contributed by atoms with E-state index < -0.39 is 0 Å². The molecular weight excluding hydrogens is 383 g/mol. The fourth-order valence-corrected chi connectivity index (χ4v) is 3.67. The lowest BCUT2D eigenvalue weighted by Crippen LogP contribution is -2.26. The van der Waals surface area contributed by atoms with Crippen molar-refractivity contribution in [2.24, 2.45) is 0 Å². The van der Waals surface area contributed by atoms with Crippen LogP contribution in [0.3, 0.4) is 0 Å². The van der Waals surface area contributed by atoms with Gasteiger partial charge in [-0.05, 0) is 43.2 Å². The molecule has 0 aliphatic carbocycles. The first-order valence-electron chi connectivity index (χ1n) is 8.48. The normalized spacial score (nSPS) is 15.5. The Kier molecular flexibility index (Phi) is 4.72. The van der Waals surface area contributed by atoms with Crippen LogP contribution < -0.4 is 10.2 Å². The maximum atomic E-state index is 12.5. The summed E-state index contributed by atoms with van der Waals surface area (Å²) in [5.74, 6) is 0.245. The molecule has 1 atom stereocenters. The number of hydrogen-bond donors (Lipinski definition) is 1. The van der Waals surface area contributed by atoms with Crippen LogP contribution in [0.2, 0.25) is 10.0 Å². The van der Waals surface area contributed by atoms with Crippen LogP contribution in [0.5, 0.6) is 0 Å². The van der Waals surface area contributed by atoms with Crippen LogP contribution in [-0.2, 0) is 6.42 Å². The highest BCUT2D eigenvalue weighted by Crippen LogP contribution is 2.36. The molecule has 0 saturated carbocycles. The van der Waals surface area contributed by atoms with Gasteiger partial charge in [-0.1, -0.05) is 41.4 Å². The molecule has 1 amide bonds. The standard InChI is InChI=1S/C20H16Cl2N4O/c1-12-8-13-4-2-3-5-18(13)26(12)20-23-10-14(11-24-20)19(27)25-17-7-6-15(21)9-16(17)22/h2-7,9-12H,8H2,1H3,(H,25,27). The van der Waals surface area contributed by atoms with E-state index in [2.05, 4.69) is 39.2 Å². The molecule has 2 aromatic carbocycles. The van der Waals surface area contributed by atoms with Gasteiger partial charge in [-0.15, -0.1) is 0 Å². The lowest BCUT2D eigenvalue weighted by atomic mass is 10.1. The fourth-order valence-electron chi connectivity index (χ4n) is 3.22. The van der Waals surface area contributed by atoms with Gasteiger partial charge < -0.3 is 10.2 Å². The SMILES string of the molecule is CC1Cc2ccccc2N1c1ncc(C(=O)Nc2ccc(Cl)cc2Cl)cn1. The number of amides is 1. The van der Waals surface area contributed by atoms with E-state index in [9.17, 15) is 4.79 Å². The van der Waals surface area contributed by atoms with Gasteiger partial charge in [0.2, 0.25) is 5.95 Å². The Morgan fingerprint density at radius 3 is 2.63 bits per heavy atom. The van der Waals surface area contributed by atoms with E-state index in [0.29, 0.717) is 27.2 Å². The van der Waals surface area contributed by atoms with E-state index in [1.807, 2.05) is 12.1 Å². The molecule has 5 nitrogen and oxygen atoms in total. The maximum Gasteiger partial charge on any atom is 0.258 e. The Balaban J connectivity index is 1.55. The van der Waals surface area contributed by atoms with Crippen molar-refractivity contribution < 1.29 is 4.79 Å². The van der Waals surface area contributed by atoms with Gasteiger partial charge in [0.25, 0.3) is 5.91 Å². The molecule has 1 aliphatic heterocycles. The summed E-state index contributed by atoms with van der Waals surface area (Å²) < 4.78 is 0. The molecule has 0 spiro atoms. The van der Waals surface area contributed by atoms with Crippen LogP contribution in [0.25, 0.3) is 0 Å². The molecule has 2 heterocycles. The van der Waals surface area contributed by atoms with Gasteiger partial charge >= 0.3 is 0 Å². The molecule has 1 unspecified atom stereocenters. The van der Waals surface area contributed by atoms with Gasteiger partial charge in [0.15, 0.2) is 0 Å². The zero-order valence-corrected chi connectivity index (χ0v) is 16.0. The summed E-state index contributed by atoms with van der Waals surface area (Å²) in [6.07, 6.45) is 3.99. The average Bonchev–Trinajstić information content (AvgIpc) is 3.00. The Morgan fingerprint density at radius 1 is 1.15 bits per heavy atom. The Morgan fingerprint density at radius 2 is 1.89 bits per heavy atom. The Hall–Kier alpha value is -2.63. The number of carbonyl (C=O) groups is 1. The second-order valence-corrected chi connectivity index (χ2v) is 7.25. The highest BCUT2D eigenvalue weighted by Gasteiger charge is 2.28. The first-order valence-corrected chi connectivity index (χ1v) is 9.24. The van der Waals surface area contributed by atoms with Gasteiger partial charge in [0.05, 0.1) is 16.3 Å². The van der Waals surface area contributed by atoms with Crippen LogP contribution in [0.15, 0.2) is 54.9 Å². The van der Waals surface area contributed by atoms with Crippen molar-refractivity contribution in [2.75, 3.05) is 10.2 Å². The van der Waals surface area contributed by atoms with E-state index >= 15 is 0 Å². The summed E-state index contributed by atoms with van der Waals surface area (Å²) in [6.45, 7) is 2.13. The van der Waals surface area contributed by atoms with Crippen molar-refractivity contribution in [1.29, 1.82) is 0 Å². The monoisotopic (exact) mass is 398 g/mol. The number of carbonyl (C=O) groups excluding carboxylic acids is 1. The second kappa shape index (κ2) is 7.18. The summed E-state index contributed by atoms with van der Waals surface area (Å²) in [6, 6.07) is 13.4. The van der Waals surface area contributed by atoms with Crippen LogP contribution in [0, 0.1) is 0 Å². The largest absolute Gasteiger partial charge is 0.321 e. The number of para-hydroxylation sites is 1. The number of aromatic nitrogens is 2. The zero-order valence-electron chi connectivity index (χ0n) is 14.5. The van der Waals surface area contributed by atoms with Crippen molar-refractivity contribution in [3.8, 4) is 0 Å². The number of nitrogens with one attached hydrogen (secondary N) is 1. The van der Waals surface area contributed by atoms with Crippen molar-refractivity contribution in [2.45, 2.75) is 19.4 Å². The maximum absolute atomic E-state index is 12.5. The van der Waals surface area contributed by atoms with E-state index in [4.69, 9.17) is 23.2 Å². The minimum absolute atomic E-state index is 0.259. The van der Waals surface area contributed by atoms with E-state index in [1.165, 1.54) is 18.0 Å². The van der Waals surface area contributed by atoms with Crippen LogP contribution in [0.1, 0.15) is 22.8 Å². The summed E-state index contributed by atoms with van der Waals surface area (Å²) >= 11 is 12.0. The number of anilines is 3. The molecule has 136 valence electrons. The third kappa shape index (κ3) is 3.48. The predicted octanol–water partition coefficient (Wildman–Crippen LogP) is 5.12. The fraction of sp³-hybridized carbons (Fsp3) is 0.150. The molecule has 1 N–H and O–H groups in total. The Labute approximate surface area is 167 Å². The van der Waals surface area contributed by atoms with Crippen LogP contribution in [-0.4, -0.2) is 21.9 Å². The van der Waals surface area contributed by atoms with Gasteiger partial charge in [-0.25, -0.2) is 9.97 Å². The number of hydrogen-bond acceptors (Lipinski definition) is 4. The van der Waals surface area contributed by atoms with Gasteiger partial charge in [-0.3, -0.25) is 4.79 Å². The third-order valence-electron chi connectivity index (χ3n) is 4.50. The van der Waals surface area contributed by atoms with Crippen LogP contribution >= 0.6 is 23.2 Å². The molecule has 1 aromatic heterocycles. The molecule has 1 aliphatic rings. The average molecular weight is 399 g/mol. The zero-order chi connectivity index (χ0) is 19.0. The highest BCUT2D eigenvalue weighted by molar-refractivity contribution is 6.36. The molecule has 4 rings (SSSR count). The number of halogens is 2. The van der Waals surface area contributed by atoms with Crippen LogP contribution in [0.4, 0.5) is 17.3 Å². The van der Waals surface area contributed by atoms with Crippen molar-refractivity contribution >= 4 is 46.4 Å². The molecule has 0 bridgehead atoms. The van der Waals surface area contributed by atoms with E-state index in [1.54, 1.807) is 18.2 Å². The minimum atomic E-state index is -0.333. The summed E-state index contributed by atoms with van der Waals surface area (Å²) in [4.78, 5) is 23.4. The van der Waals surface area contributed by atoms with E-state index in [0.717, 1.165) is 12.1 Å². The molecule has 7 heteroatoms. The molecule has 0 radical (unpaired) electrons. The lowest BCUT2D eigenvalue weighted by molar-refractivity contribution is 0.102. The number of nitrogens with zero attached hydrogens (tertiary/aromatic N) is 3. The first kappa shape index (κ1) is 17.8. The van der Waals surface area contributed by atoms with Crippen molar-refractivity contribution in [3.63, 3.8) is 0 Å². The van der Waals surface area contributed by atoms with Gasteiger partial charge in [0, 0.05) is 29.1 Å². The van der Waals surface area contributed by atoms with Crippen molar-refractivity contribution in [3.05, 3.63) is 76.0 Å². The number of fused-ring (bicyclic) bond motifs is 1. The summed E-state index contributed by atoms with van der Waals surface area (Å²) in [5, 5.41) is 3.62. The quantitative estimate of drug-likeness (QED) is 0.664. The number of benzene rings is 2. The number of rotatable bonds is 3. The lowest BCUT2D eigenvalue weighted by Gasteiger charge is -2.22. The molecule has 3 aromatic rings. The highest BCUT2D eigenvalue weighted by atomic mass is 35.5. The third-order valence-corrected chi connectivity index (χ3v) is 5.05. The molecular formula is C20H16Cl2N4O. The summed E-state index contributed by atoms with van der Waals surface area (Å²) in [7, 11) is 0. The summed E-state index contributed by atoms with van der Waals surface area (Å²) in [5.41, 5.74) is 3.21. The first-order chi connectivity index (χ1) is 13.0. The van der Waals surface area contributed by atoms with Gasteiger partial charge in [0.1, 0.15) is 0 Å². The predicted molar refractivity (Wildman–Crippen MR) is 108 cm³/mol. The molecule has 0 fully saturated rings. The van der Waals surface area contributed by atoms with Gasteiger partial charge in [-0.2, -0.15) is 0 Å². The second-order valence-electron chi connectivity index (χ2n) is 6.40. The van der Waals surface area contributed by atoms with Crippen molar-refractivity contribution in [1.82, 2.24) is 9.97 Å².